The van der Waals surface area contributed by atoms with E-state index < -0.39 is 11.6 Å². The van der Waals surface area contributed by atoms with Crippen LogP contribution in [0, 0.1) is 6.92 Å². The van der Waals surface area contributed by atoms with Crippen molar-refractivity contribution >= 4 is 18.2 Å². The molecule has 2 aromatic carbocycles. The largest absolute Gasteiger partial charge is 0.346 e. The van der Waals surface area contributed by atoms with E-state index in [2.05, 4.69) is 10.4 Å². The van der Waals surface area contributed by atoms with Crippen LogP contribution in [-0.4, -0.2) is 23.2 Å². The summed E-state index contributed by atoms with van der Waals surface area (Å²) in [5.41, 5.74) is 1.63. The Labute approximate surface area is 141 Å². The van der Waals surface area contributed by atoms with Gasteiger partial charge in [-0.3, -0.25) is 4.79 Å². The Kier molecular flexibility index (Phi) is 4.16. The minimum absolute atomic E-state index is 0.356. The van der Waals surface area contributed by atoms with E-state index >= 15 is 0 Å². The van der Waals surface area contributed by atoms with Crippen LogP contribution in [0.15, 0.2) is 59.7 Å². The van der Waals surface area contributed by atoms with E-state index in [1.165, 1.54) is 6.21 Å². The molecule has 1 saturated heterocycles. The van der Waals surface area contributed by atoms with Gasteiger partial charge in [-0.05, 0) is 24.5 Å². The molecule has 3 rings (SSSR count). The Morgan fingerprint density at radius 1 is 1.12 bits per heavy atom. The average molecular weight is 321 g/mol. The predicted octanol–water partition coefficient (Wildman–Crippen LogP) is 3.19. The van der Waals surface area contributed by atoms with Crippen LogP contribution in [0.5, 0.6) is 0 Å². The number of rotatable bonds is 4. The lowest BCUT2D eigenvalue weighted by molar-refractivity contribution is -0.131. The molecule has 3 amide bonds. The van der Waals surface area contributed by atoms with Crippen molar-refractivity contribution in [2.45, 2.75) is 25.8 Å². The number of hydrazone groups is 1. The highest BCUT2D eigenvalue weighted by molar-refractivity contribution is 6.07. The van der Waals surface area contributed by atoms with Crippen LogP contribution in [0.25, 0.3) is 0 Å². The fourth-order valence-electron chi connectivity index (χ4n) is 2.90. The average Bonchev–Trinajstić information content (AvgIpc) is 2.85. The number of carbonyl (C=O) groups excluding carboxylic acids is 2. The van der Waals surface area contributed by atoms with Crippen LogP contribution in [-0.2, 0) is 10.3 Å². The summed E-state index contributed by atoms with van der Waals surface area (Å²) in [5, 5.41) is 7.83. The summed E-state index contributed by atoms with van der Waals surface area (Å²) >= 11 is 0. The van der Waals surface area contributed by atoms with Crippen molar-refractivity contribution < 1.29 is 9.59 Å². The van der Waals surface area contributed by atoms with Gasteiger partial charge < -0.3 is 5.32 Å². The number of carbonyl (C=O) groups is 2. The van der Waals surface area contributed by atoms with E-state index in [9.17, 15) is 9.59 Å². The molecule has 1 fully saturated rings. The van der Waals surface area contributed by atoms with Gasteiger partial charge in [-0.2, -0.15) is 5.10 Å². The summed E-state index contributed by atoms with van der Waals surface area (Å²) in [6.07, 6.45) is 1.99. The van der Waals surface area contributed by atoms with Crippen LogP contribution in [0.3, 0.4) is 0 Å². The van der Waals surface area contributed by atoms with Gasteiger partial charge in [-0.15, -0.1) is 5.01 Å². The number of imide groups is 1. The minimum Gasteiger partial charge on any atom is -0.318 e. The number of nitrogens with one attached hydrogen (secondary N) is 1. The smallest absolute Gasteiger partial charge is 0.318 e. The second-order valence-electron chi connectivity index (χ2n) is 5.83. The molecule has 0 aliphatic carbocycles. The molecule has 0 spiro atoms. The standard InChI is InChI=1S/C19H19N3O2/c1-3-19(16-10-5-4-6-11-16)17(23)22(18(24)21-19)20-13-15-9-7-8-14(2)12-15/h4-13H,3H2,1-2H3,(H,21,24)/b20-13-/t19-/m0/s1. The molecule has 24 heavy (non-hydrogen) atoms. The quantitative estimate of drug-likeness (QED) is 0.694. The van der Waals surface area contributed by atoms with Gasteiger partial charge in [0.2, 0.25) is 0 Å². The Morgan fingerprint density at radius 3 is 2.54 bits per heavy atom. The number of aryl methyl sites for hydroxylation is 1. The van der Waals surface area contributed by atoms with Gasteiger partial charge in [0.25, 0.3) is 5.91 Å². The second kappa shape index (κ2) is 6.28. The predicted molar refractivity (Wildman–Crippen MR) is 92.6 cm³/mol. The van der Waals surface area contributed by atoms with Crippen LogP contribution in [0.1, 0.15) is 30.0 Å². The Balaban J connectivity index is 1.91. The van der Waals surface area contributed by atoms with Crippen LogP contribution in [0.4, 0.5) is 4.79 Å². The number of urea groups is 1. The molecule has 0 bridgehead atoms. The van der Waals surface area contributed by atoms with Crippen molar-refractivity contribution in [3.63, 3.8) is 0 Å². The summed E-state index contributed by atoms with van der Waals surface area (Å²) < 4.78 is 0. The molecule has 2 aromatic rings. The monoisotopic (exact) mass is 321 g/mol. The molecule has 5 nitrogen and oxygen atoms in total. The highest BCUT2D eigenvalue weighted by atomic mass is 16.2. The maximum absolute atomic E-state index is 12.9. The summed E-state index contributed by atoms with van der Waals surface area (Å²) in [5.74, 6) is -0.356. The fraction of sp³-hybridized carbons (Fsp3) is 0.211. The Bertz CT molecular complexity index is 801. The van der Waals surface area contributed by atoms with E-state index in [1.54, 1.807) is 0 Å². The SMILES string of the molecule is CC[C@@]1(c2ccccc2)NC(=O)N(/N=C\c2cccc(C)c2)C1=O. The van der Waals surface area contributed by atoms with Crippen molar-refractivity contribution in [3.05, 3.63) is 71.3 Å². The van der Waals surface area contributed by atoms with E-state index in [0.29, 0.717) is 6.42 Å². The number of nitrogens with zero attached hydrogens (tertiary/aromatic N) is 2. The first kappa shape index (κ1) is 15.9. The first-order valence-corrected chi connectivity index (χ1v) is 7.90. The fourth-order valence-corrected chi connectivity index (χ4v) is 2.90. The van der Waals surface area contributed by atoms with E-state index in [-0.39, 0.29) is 5.91 Å². The lowest BCUT2D eigenvalue weighted by atomic mass is 9.87. The Morgan fingerprint density at radius 2 is 1.88 bits per heavy atom. The van der Waals surface area contributed by atoms with Gasteiger partial charge >= 0.3 is 6.03 Å². The first-order chi connectivity index (χ1) is 11.6. The molecule has 0 radical (unpaired) electrons. The molecule has 0 unspecified atom stereocenters. The molecular weight excluding hydrogens is 302 g/mol. The lowest BCUT2D eigenvalue weighted by Gasteiger charge is -2.24. The van der Waals surface area contributed by atoms with Crippen LogP contribution < -0.4 is 5.32 Å². The van der Waals surface area contributed by atoms with Gasteiger partial charge in [0.05, 0.1) is 6.21 Å². The molecule has 1 aliphatic heterocycles. The molecule has 1 atom stereocenters. The first-order valence-electron chi connectivity index (χ1n) is 7.90. The van der Waals surface area contributed by atoms with E-state index in [0.717, 1.165) is 21.7 Å². The number of benzene rings is 2. The zero-order valence-electron chi connectivity index (χ0n) is 13.7. The zero-order valence-corrected chi connectivity index (χ0v) is 13.7. The maximum atomic E-state index is 12.9. The van der Waals surface area contributed by atoms with E-state index in [4.69, 9.17) is 0 Å². The van der Waals surface area contributed by atoms with Crippen molar-refractivity contribution in [2.75, 3.05) is 0 Å². The number of amides is 3. The van der Waals surface area contributed by atoms with E-state index in [1.807, 2.05) is 68.4 Å². The summed E-state index contributed by atoms with van der Waals surface area (Å²) in [6, 6.07) is 16.5. The van der Waals surface area contributed by atoms with Gasteiger partial charge in [0, 0.05) is 0 Å². The topological polar surface area (TPSA) is 61.8 Å². The van der Waals surface area contributed by atoms with Gasteiger partial charge in [-0.1, -0.05) is 67.1 Å². The third-order valence-electron chi connectivity index (χ3n) is 4.23. The van der Waals surface area contributed by atoms with Crippen LogP contribution in [0.2, 0.25) is 0 Å². The number of hydrogen-bond donors (Lipinski definition) is 1. The molecule has 122 valence electrons. The molecule has 1 N–H and O–H groups in total. The van der Waals surface area contributed by atoms with Gasteiger partial charge in [0.15, 0.2) is 0 Å². The highest BCUT2D eigenvalue weighted by Crippen LogP contribution is 2.32. The molecular formula is C19H19N3O2. The normalized spacial score (nSPS) is 20.7. The zero-order chi connectivity index (χ0) is 17.2. The molecule has 5 heteroatoms. The second-order valence-corrected chi connectivity index (χ2v) is 5.83. The van der Waals surface area contributed by atoms with Gasteiger partial charge in [-0.25, -0.2) is 4.79 Å². The van der Waals surface area contributed by atoms with Crippen LogP contribution >= 0.6 is 0 Å². The summed E-state index contributed by atoms with van der Waals surface area (Å²) in [4.78, 5) is 25.2. The number of hydrogen-bond acceptors (Lipinski definition) is 3. The highest BCUT2D eigenvalue weighted by Gasteiger charge is 2.51. The Hall–Kier alpha value is -2.95. The maximum Gasteiger partial charge on any atom is 0.346 e. The molecule has 1 heterocycles. The summed E-state index contributed by atoms with van der Waals surface area (Å²) in [6.45, 7) is 3.85. The lowest BCUT2D eigenvalue weighted by Crippen LogP contribution is -2.43. The molecule has 0 aromatic heterocycles. The molecule has 0 saturated carbocycles. The minimum atomic E-state index is -1.05. The van der Waals surface area contributed by atoms with Crippen molar-refractivity contribution in [1.29, 1.82) is 0 Å². The third kappa shape index (κ3) is 2.69. The van der Waals surface area contributed by atoms with Gasteiger partial charge in [0.1, 0.15) is 5.54 Å². The summed E-state index contributed by atoms with van der Waals surface area (Å²) in [7, 11) is 0. The third-order valence-corrected chi connectivity index (χ3v) is 4.23. The molecule has 1 aliphatic rings. The van der Waals surface area contributed by atoms with Crippen molar-refractivity contribution in [2.24, 2.45) is 5.10 Å². The van der Waals surface area contributed by atoms with Crippen molar-refractivity contribution in [1.82, 2.24) is 10.3 Å². The van der Waals surface area contributed by atoms with Crippen molar-refractivity contribution in [3.8, 4) is 0 Å².